The van der Waals surface area contributed by atoms with Gasteiger partial charge in [-0.15, -0.1) is 0 Å². The molecule has 0 unspecified atom stereocenters. The number of hydrogen-bond donors (Lipinski definition) is 2. The molecule has 0 aromatic heterocycles. The summed E-state index contributed by atoms with van der Waals surface area (Å²) in [5.41, 5.74) is -6.58. The first kappa shape index (κ1) is 19.0. The van der Waals surface area contributed by atoms with Gasteiger partial charge in [-0.25, -0.2) is 10.6 Å². The van der Waals surface area contributed by atoms with Gasteiger partial charge >= 0.3 is 12.4 Å². The fraction of sp³-hybridized carbons (Fsp3) is 0.385. The number of anilines is 1. The van der Waals surface area contributed by atoms with E-state index in [4.69, 9.17) is 5.84 Å². The average Bonchev–Trinajstić information content (AvgIpc) is 2.34. The number of nitrogens with two attached hydrogens (primary N) is 1. The lowest BCUT2D eigenvalue weighted by Gasteiger charge is -2.33. The second kappa shape index (κ2) is 5.88. The van der Waals surface area contributed by atoms with Crippen LogP contribution in [0.25, 0.3) is 0 Å². The van der Waals surface area contributed by atoms with E-state index in [0.29, 0.717) is 23.3 Å². The Labute approximate surface area is 126 Å². The normalized spacial score (nSPS) is 12.8. The Bertz CT molecular complexity index is 610. The number of aliphatic hydroxyl groups is 1. The molecule has 0 aliphatic carbocycles. The Morgan fingerprint density at radius 1 is 1.09 bits per heavy atom. The first-order valence-corrected chi connectivity index (χ1v) is 6.00. The van der Waals surface area contributed by atoms with Gasteiger partial charge in [0.2, 0.25) is 0 Å². The van der Waals surface area contributed by atoms with Crippen LogP contribution in [0, 0.1) is 13.8 Å². The van der Waals surface area contributed by atoms with Crippen LogP contribution >= 0.6 is 0 Å². The van der Waals surface area contributed by atoms with Crippen LogP contribution in [0.15, 0.2) is 18.3 Å². The van der Waals surface area contributed by atoms with Gasteiger partial charge in [0.25, 0.3) is 5.60 Å². The van der Waals surface area contributed by atoms with E-state index >= 15 is 0 Å². The number of alkyl halides is 6. The molecule has 128 valence electrons. The molecule has 4 nitrogen and oxygen atoms in total. The van der Waals surface area contributed by atoms with Crippen molar-refractivity contribution in [3.05, 3.63) is 35.0 Å². The molecular formula is C13H12F6N2O2. The van der Waals surface area contributed by atoms with E-state index in [1.54, 1.807) is 0 Å². The zero-order chi connectivity index (χ0) is 18.2. The second-order valence-corrected chi connectivity index (χ2v) is 4.82. The van der Waals surface area contributed by atoms with Gasteiger partial charge in [0.1, 0.15) is 12.1 Å². The first-order chi connectivity index (χ1) is 10.3. The molecule has 1 aromatic carbocycles. The first-order valence-electron chi connectivity index (χ1n) is 6.00. The lowest BCUT2D eigenvalue weighted by molar-refractivity contribution is -0.376. The molecule has 0 aliphatic rings. The summed E-state index contributed by atoms with van der Waals surface area (Å²) in [5.74, 6) is 6.78. The van der Waals surface area contributed by atoms with Crippen molar-refractivity contribution in [3.8, 4) is 0 Å². The Hall–Kier alpha value is -2.03. The van der Waals surface area contributed by atoms with E-state index in [0.717, 1.165) is 0 Å². The summed E-state index contributed by atoms with van der Waals surface area (Å²) in [6.45, 7) is 2.38. The van der Waals surface area contributed by atoms with E-state index < -0.39 is 23.5 Å². The van der Waals surface area contributed by atoms with Crippen LogP contribution in [-0.2, 0) is 10.4 Å². The van der Waals surface area contributed by atoms with Crippen molar-refractivity contribution in [1.82, 2.24) is 0 Å². The number of carbonyl (C=O) groups excluding carboxylic acids is 1. The van der Waals surface area contributed by atoms with Crippen LogP contribution in [0.3, 0.4) is 0 Å². The molecule has 0 amide bonds. The van der Waals surface area contributed by atoms with Crippen molar-refractivity contribution < 1.29 is 36.2 Å². The number of rotatable bonds is 3. The minimum absolute atomic E-state index is 0.0174. The Kier molecular flexibility index (Phi) is 4.86. The second-order valence-electron chi connectivity index (χ2n) is 4.82. The summed E-state index contributed by atoms with van der Waals surface area (Å²) >= 11 is 0. The maximum Gasteiger partial charge on any atom is 0.430 e. The summed E-state index contributed by atoms with van der Waals surface area (Å²) in [6.07, 6.45) is -11.2. The van der Waals surface area contributed by atoms with Crippen molar-refractivity contribution >= 4 is 11.6 Å². The summed E-state index contributed by atoms with van der Waals surface area (Å²) < 4.78 is 77.2. The predicted octanol–water partition coefficient (Wildman–Crippen LogP) is 2.64. The molecule has 0 atom stereocenters. The van der Waals surface area contributed by atoms with Crippen molar-refractivity contribution in [2.45, 2.75) is 31.8 Å². The molecule has 0 saturated heterocycles. The van der Waals surface area contributed by atoms with Crippen LogP contribution in [0.4, 0.5) is 32.0 Å². The molecule has 10 heteroatoms. The highest BCUT2D eigenvalue weighted by Gasteiger charge is 2.71. The minimum Gasteiger partial charge on any atom is -0.369 e. The summed E-state index contributed by atoms with van der Waals surface area (Å²) in [6, 6.07) is 1.03. The highest BCUT2D eigenvalue weighted by Crippen LogP contribution is 2.50. The summed E-state index contributed by atoms with van der Waals surface area (Å²) in [4.78, 5) is 10.3. The monoisotopic (exact) mass is 342 g/mol. The van der Waals surface area contributed by atoms with Crippen molar-refractivity contribution in [1.29, 1.82) is 0 Å². The number of benzene rings is 1. The lowest BCUT2D eigenvalue weighted by atomic mass is 9.89. The number of aryl methyl sites for hydroxylation is 2. The fourth-order valence-electron chi connectivity index (χ4n) is 2.18. The minimum atomic E-state index is -5.98. The van der Waals surface area contributed by atoms with Gasteiger partial charge in [-0.05, 0) is 25.0 Å². The van der Waals surface area contributed by atoms with Crippen LogP contribution < -0.4 is 10.9 Å². The van der Waals surface area contributed by atoms with E-state index in [-0.39, 0.29) is 16.8 Å². The topological polar surface area (TPSA) is 66.6 Å². The third-order valence-electron chi connectivity index (χ3n) is 3.18. The molecule has 0 fully saturated rings. The van der Waals surface area contributed by atoms with Crippen LogP contribution in [-0.4, -0.2) is 23.4 Å². The fourth-order valence-corrected chi connectivity index (χ4v) is 2.18. The Balaban J connectivity index is 3.65. The lowest BCUT2D eigenvalue weighted by Crippen LogP contribution is -2.54. The maximum absolute atomic E-state index is 12.9. The van der Waals surface area contributed by atoms with Gasteiger partial charge in [-0.3, -0.25) is 5.01 Å². The molecular weight excluding hydrogens is 330 g/mol. The van der Waals surface area contributed by atoms with Crippen molar-refractivity contribution in [2.75, 3.05) is 5.01 Å². The average molecular weight is 342 g/mol. The van der Waals surface area contributed by atoms with Gasteiger partial charge in [-0.2, -0.15) is 26.3 Å². The van der Waals surface area contributed by atoms with E-state index in [1.165, 1.54) is 19.8 Å². The molecule has 0 radical (unpaired) electrons. The van der Waals surface area contributed by atoms with E-state index in [1.807, 2.05) is 0 Å². The molecule has 0 bridgehead atoms. The highest BCUT2D eigenvalue weighted by atomic mass is 19.4. The van der Waals surface area contributed by atoms with Crippen molar-refractivity contribution in [2.24, 2.45) is 5.84 Å². The van der Waals surface area contributed by atoms with Gasteiger partial charge in [0, 0.05) is 5.56 Å². The molecule has 0 saturated carbocycles. The number of hydrogen-bond acceptors (Lipinski definition) is 4. The van der Waals surface area contributed by atoms with Gasteiger partial charge < -0.3 is 5.11 Å². The molecule has 23 heavy (non-hydrogen) atoms. The third-order valence-corrected chi connectivity index (χ3v) is 3.18. The maximum atomic E-state index is 12.9. The van der Waals surface area contributed by atoms with Gasteiger partial charge in [0.05, 0.1) is 5.69 Å². The summed E-state index contributed by atoms with van der Waals surface area (Å²) in [5, 5.41) is 10.1. The molecule has 1 aromatic rings. The van der Waals surface area contributed by atoms with Crippen LogP contribution in [0.1, 0.15) is 16.7 Å². The SMILES string of the molecule is Cc1cc(C(O)(C(F)(F)F)C(F)(F)F)cc(C)c1N(N)C=C=O. The van der Waals surface area contributed by atoms with Gasteiger partial charge in [-0.1, -0.05) is 12.1 Å². The zero-order valence-corrected chi connectivity index (χ0v) is 11.9. The van der Waals surface area contributed by atoms with Gasteiger partial charge in [0.15, 0.2) is 0 Å². The Morgan fingerprint density at radius 2 is 1.48 bits per heavy atom. The Morgan fingerprint density at radius 3 is 1.78 bits per heavy atom. The highest BCUT2D eigenvalue weighted by molar-refractivity contribution is 5.65. The van der Waals surface area contributed by atoms with Crippen LogP contribution in [0.5, 0.6) is 0 Å². The standard InChI is InChI=1S/C13H12F6N2O2/c1-7-5-9(6-8(2)10(7)21(20)3-4-22)11(23,12(14,15)16)13(17,18)19/h3,5-6,23H,20H2,1-2H3. The molecule has 3 N–H and O–H groups in total. The predicted molar refractivity (Wildman–Crippen MR) is 68.9 cm³/mol. The molecule has 0 aliphatic heterocycles. The summed E-state index contributed by atoms with van der Waals surface area (Å²) in [7, 11) is 0. The zero-order valence-electron chi connectivity index (χ0n) is 11.9. The largest absolute Gasteiger partial charge is 0.430 e. The number of nitrogens with zero attached hydrogens (tertiary/aromatic N) is 1. The quantitative estimate of drug-likeness (QED) is 0.384. The molecule has 1 rings (SSSR count). The number of hydrazine groups is 1. The van der Waals surface area contributed by atoms with Crippen molar-refractivity contribution in [3.63, 3.8) is 0 Å². The van der Waals surface area contributed by atoms with E-state index in [2.05, 4.69) is 0 Å². The molecule has 0 heterocycles. The smallest absolute Gasteiger partial charge is 0.369 e. The third kappa shape index (κ3) is 3.19. The van der Waals surface area contributed by atoms with Crippen LogP contribution in [0.2, 0.25) is 0 Å². The molecule has 0 spiro atoms. The number of halogens is 6. The van der Waals surface area contributed by atoms with E-state index in [9.17, 15) is 36.2 Å².